The van der Waals surface area contributed by atoms with Crippen LogP contribution >= 0.6 is 11.8 Å². The first-order chi connectivity index (χ1) is 13.7. The van der Waals surface area contributed by atoms with E-state index in [1.54, 1.807) is 29.7 Å². The predicted octanol–water partition coefficient (Wildman–Crippen LogP) is 3.88. The number of aromatic nitrogens is 6. The molecule has 7 nitrogen and oxygen atoms in total. The Hall–Kier alpha value is -2.61. The molecule has 1 aromatic carbocycles. The molecule has 0 spiro atoms. The van der Waals surface area contributed by atoms with E-state index in [2.05, 4.69) is 38.7 Å². The van der Waals surface area contributed by atoms with Crippen LogP contribution in [-0.4, -0.2) is 29.3 Å². The molecule has 0 radical (unpaired) electrons. The molecule has 0 saturated carbocycles. The average Bonchev–Trinajstić information content (AvgIpc) is 3.25. The van der Waals surface area contributed by atoms with E-state index < -0.39 is 0 Å². The minimum atomic E-state index is -0.151. The van der Waals surface area contributed by atoms with Gasteiger partial charge in [-0.05, 0) is 18.6 Å². The van der Waals surface area contributed by atoms with Crippen LogP contribution < -0.4 is 5.56 Å². The summed E-state index contributed by atoms with van der Waals surface area (Å²) < 4.78 is 3.91. The lowest BCUT2D eigenvalue weighted by Gasteiger charge is -2.09. The van der Waals surface area contributed by atoms with Gasteiger partial charge in [-0.2, -0.15) is 5.10 Å². The number of hydrogen-bond acceptors (Lipinski definition) is 5. The van der Waals surface area contributed by atoms with Crippen LogP contribution in [-0.2, 0) is 19.3 Å². The molecule has 0 aliphatic heterocycles. The Morgan fingerprint density at radius 2 is 2.00 bits per heavy atom. The van der Waals surface area contributed by atoms with E-state index in [0.717, 1.165) is 29.2 Å². The first kappa shape index (κ1) is 18.7. The van der Waals surface area contributed by atoms with Crippen molar-refractivity contribution in [3.63, 3.8) is 0 Å². The van der Waals surface area contributed by atoms with Crippen molar-refractivity contribution in [2.45, 2.75) is 50.1 Å². The zero-order valence-electron chi connectivity index (χ0n) is 16.2. The highest BCUT2D eigenvalue weighted by atomic mass is 32.2. The van der Waals surface area contributed by atoms with Crippen LogP contribution in [0.15, 0.2) is 40.4 Å². The molecule has 0 fully saturated rings. The summed E-state index contributed by atoms with van der Waals surface area (Å²) in [6.07, 6.45) is 6.39. The van der Waals surface area contributed by atoms with E-state index in [1.807, 2.05) is 12.1 Å². The smallest absolute Gasteiger partial charge is 0.262 e. The molecule has 8 heteroatoms. The van der Waals surface area contributed by atoms with Gasteiger partial charge in [0.1, 0.15) is 11.2 Å². The largest absolute Gasteiger partial charge is 0.319 e. The van der Waals surface area contributed by atoms with E-state index in [4.69, 9.17) is 4.98 Å². The molecule has 146 valence electrons. The fourth-order valence-electron chi connectivity index (χ4n) is 3.36. The SMILES string of the molecule is CCCCCCn1c(SCc2nc3c(cnn3C)c(=O)[nH]2)nc2ccccc21. The van der Waals surface area contributed by atoms with Crippen molar-refractivity contribution in [1.29, 1.82) is 0 Å². The summed E-state index contributed by atoms with van der Waals surface area (Å²) in [6.45, 7) is 3.17. The van der Waals surface area contributed by atoms with Gasteiger partial charge >= 0.3 is 0 Å². The van der Waals surface area contributed by atoms with E-state index in [0.29, 0.717) is 22.6 Å². The van der Waals surface area contributed by atoms with Crippen molar-refractivity contribution < 1.29 is 0 Å². The topological polar surface area (TPSA) is 81.4 Å². The number of fused-ring (bicyclic) bond motifs is 2. The monoisotopic (exact) mass is 396 g/mol. The van der Waals surface area contributed by atoms with Crippen LogP contribution in [0.5, 0.6) is 0 Å². The first-order valence-electron chi connectivity index (χ1n) is 9.66. The highest BCUT2D eigenvalue weighted by Crippen LogP contribution is 2.26. The highest BCUT2D eigenvalue weighted by molar-refractivity contribution is 7.98. The minimum absolute atomic E-state index is 0.151. The molecule has 28 heavy (non-hydrogen) atoms. The number of benzene rings is 1. The molecule has 1 N–H and O–H groups in total. The number of imidazole rings is 1. The van der Waals surface area contributed by atoms with Gasteiger partial charge in [-0.1, -0.05) is 50.1 Å². The molecule has 4 aromatic rings. The van der Waals surface area contributed by atoms with Crippen LogP contribution in [0.1, 0.15) is 38.4 Å². The first-order valence-corrected chi connectivity index (χ1v) is 10.6. The maximum atomic E-state index is 12.3. The van der Waals surface area contributed by atoms with Gasteiger partial charge in [-0.25, -0.2) is 9.97 Å². The van der Waals surface area contributed by atoms with Crippen LogP contribution in [0, 0.1) is 0 Å². The number of aromatic amines is 1. The van der Waals surface area contributed by atoms with Crippen molar-refractivity contribution in [2.24, 2.45) is 7.05 Å². The third-order valence-electron chi connectivity index (χ3n) is 4.84. The molecule has 3 heterocycles. The summed E-state index contributed by atoms with van der Waals surface area (Å²) in [5.41, 5.74) is 2.61. The third kappa shape index (κ3) is 3.69. The Kier molecular flexibility index (Phi) is 5.47. The second-order valence-electron chi connectivity index (χ2n) is 6.90. The Morgan fingerprint density at radius 3 is 2.86 bits per heavy atom. The standard InChI is InChI=1S/C20H24N6OS/c1-3-4-5-8-11-26-16-10-7-6-9-15(16)22-20(26)28-13-17-23-18-14(19(27)24-17)12-21-25(18)2/h6-7,9-10,12H,3-5,8,11,13H2,1-2H3,(H,23,24,27). The Labute approximate surface area is 167 Å². The fourth-order valence-corrected chi connectivity index (χ4v) is 4.27. The van der Waals surface area contributed by atoms with E-state index in [1.165, 1.54) is 19.3 Å². The summed E-state index contributed by atoms with van der Waals surface area (Å²) in [6, 6.07) is 8.23. The van der Waals surface area contributed by atoms with Gasteiger partial charge in [0.05, 0.1) is 23.0 Å². The number of rotatable bonds is 8. The number of H-pyrrole nitrogens is 1. The fraction of sp³-hybridized carbons (Fsp3) is 0.400. The van der Waals surface area contributed by atoms with Crippen LogP contribution in [0.4, 0.5) is 0 Å². The molecule has 0 atom stereocenters. The number of aryl methyl sites for hydroxylation is 2. The van der Waals surface area contributed by atoms with Gasteiger partial charge in [0, 0.05) is 13.6 Å². The van der Waals surface area contributed by atoms with Crippen LogP contribution in [0.2, 0.25) is 0 Å². The van der Waals surface area contributed by atoms with Crippen molar-refractivity contribution >= 4 is 33.8 Å². The van der Waals surface area contributed by atoms with Crippen LogP contribution in [0.25, 0.3) is 22.1 Å². The molecule has 0 aliphatic carbocycles. The number of nitrogens with zero attached hydrogens (tertiary/aromatic N) is 5. The van der Waals surface area contributed by atoms with Gasteiger partial charge in [-0.3, -0.25) is 9.48 Å². The molecule has 4 rings (SSSR count). The minimum Gasteiger partial charge on any atom is -0.319 e. The van der Waals surface area contributed by atoms with E-state index in [-0.39, 0.29) is 5.56 Å². The Morgan fingerprint density at radius 1 is 1.14 bits per heavy atom. The average molecular weight is 397 g/mol. The summed E-state index contributed by atoms with van der Waals surface area (Å²) in [5.74, 6) is 1.19. The molecular formula is C20H24N6OS. The zero-order valence-corrected chi connectivity index (χ0v) is 17.0. The molecule has 0 amide bonds. The second-order valence-corrected chi connectivity index (χ2v) is 7.84. The number of nitrogens with one attached hydrogen (secondary N) is 1. The third-order valence-corrected chi connectivity index (χ3v) is 5.83. The van der Waals surface area contributed by atoms with E-state index in [9.17, 15) is 4.79 Å². The summed E-state index contributed by atoms with van der Waals surface area (Å²) in [4.78, 5) is 24.5. The van der Waals surface area contributed by atoms with Gasteiger partial charge < -0.3 is 9.55 Å². The lowest BCUT2D eigenvalue weighted by atomic mass is 10.2. The summed E-state index contributed by atoms with van der Waals surface area (Å²) in [5, 5.41) is 5.60. The van der Waals surface area contributed by atoms with Gasteiger partial charge in [0.2, 0.25) is 0 Å². The zero-order chi connectivity index (χ0) is 19.5. The van der Waals surface area contributed by atoms with Crippen molar-refractivity contribution in [1.82, 2.24) is 29.3 Å². The number of para-hydroxylation sites is 2. The van der Waals surface area contributed by atoms with Crippen molar-refractivity contribution in [3.05, 3.63) is 46.6 Å². The molecule has 0 unspecified atom stereocenters. The number of unbranched alkanes of at least 4 members (excludes halogenated alkanes) is 3. The molecule has 0 saturated heterocycles. The van der Waals surface area contributed by atoms with Crippen molar-refractivity contribution in [3.8, 4) is 0 Å². The number of hydrogen-bond donors (Lipinski definition) is 1. The molecule has 0 aliphatic rings. The lowest BCUT2D eigenvalue weighted by Crippen LogP contribution is -2.11. The summed E-state index contributed by atoms with van der Waals surface area (Å²) >= 11 is 1.60. The highest BCUT2D eigenvalue weighted by Gasteiger charge is 2.13. The Bertz CT molecular complexity index is 1160. The van der Waals surface area contributed by atoms with E-state index >= 15 is 0 Å². The molecule has 0 bridgehead atoms. The van der Waals surface area contributed by atoms with Gasteiger partial charge in [0.25, 0.3) is 5.56 Å². The molecular weight excluding hydrogens is 372 g/mol. The van der Waals surface area contributed by atoms with Crippen molar-refractivity contribution in [2.75, 3.05) is 0 Å². The quantitative estimate of drug-likeness (QED) is 0.361. The van der Waals surface area contributed by atoms with Gasteiger partial charge in [0.15, 0.2) is 10.8 Å². The maximum absolute atomic E-state index is 12.3. The normalized spacial score (nSPS) is 11.6. The molecule has 3 aromatic heterocycles. The second kappa shape index (κ2) is 8.18. The van der Waals surface area contributed by atoms with Gasteiger partial charge in [-0.15, -0.1) is 0 Å². The lowest BCUT2D eigenvalue weighted by molar-refractivity contribution is 0.563. The number of thioether (sulfide) groups is 1. The predicted molar refractivity (Wildman–Crippen MR) is 113 cm³/mol. The maximum Gasteiger partial charge on any atom is 0.262 e. The van der Waals surface area contributed by atoms with Crippen LogP contribution in [0.3, 0.4) is 0 Å². The summed E-state index contributed by atoms with van der Waals surface area (Å²) in [7, 11) is 1.79. The Balaban J connectivity index is 1.59.